The highest BCUT2D eigenvalue weighted by Crippen LogP contribution is 2.20. The molecule has 0 aliphatic carbocycles. The summed E-state index contributed by atoms with van der Waals surface area (Å²) in [7, 11) is 0. The van der Waals surface area contributed by atoms with Crippen LogP contribution in [0.5, 0.6) is 0 Å². The summed E-state index contributed by atoms with van der Waals surface area (Å²) in [6.45, 7) is 3.44. The van der Waals surface area contributed by atoms with Crippen LogP contribution < -0.4 is 5.32 Å². The Bertz CT molecular complexity index is 361. The first-order valence-corrected chi connectivity index (χ1v) is 4.72. The molecular formula is C12H13F2N. The first-order chi connectivity index (χ1) is 7.06. The van der Waals surface area contributed by atoms with E-state index in [4.69, 9.17) is 6.42 Å². The molecule has 0 aliphatic heterocycles. The van der Waals surface area contributed by atoms with Crippen LogP contribution in [0.2, 0.25) is 0 Å². The van der Waals surface area contributed by atoms with Gasteiger partial charge in [0, 0.05) is 11.6 Å². The Morgan fingerprint density at radius 2 is 1.80 bits per heavy atom. The summed E-state index contributed by atoms with van der Waals surface area (Å²) in [5, 5.41) is 2.91. The van der Waals surface area contributed by atoms with E-state index in [0.717, 1.165) is 0 Å². The first kappa shape index (κ1) is 11.7. The number of rotatable bonds is 3. The fourth-order valence-corrected chi connectivity index (χ4v) is 1.43. The molecule has 0 amide bonds. The highest BCUT2D eigenvalue weighted by Gasteiger charge is 2.16. The van der Waals surface area contributed by atoms with Gasteiger partial charge in [-0.25, -0.2) is 8.78 Å². The van der Waals surface area contributed by atoms with Crippen LogP contribution in [0.15, 0.2) is 18.2 Å². The van der Waals surface area contributed by atoms with Gasteiger partial charge in [0.1, 0.15) is 11.6 Å². The van der Waals surface area contributed by atoms with Crippen molar-refractivity contribution in [3.8, 4) is 12.3 Å². The molecule has 1 aromatic rings. The fraction of sp³-hybridized carbons (Fsp3) is 0.333. The first-order valence-electron chi connectivity index (χ1n) is 4.72. The third-order valence-electron chi connectivity index (χ3n) is 2.18. The molecule has 2 atom stereocenters. The number of halogens is 2. The predicted molar refractivity (Wildman–Crippen MR) is 56.2 cm³/mol. The van der Waals surface area contributed by atoms with Crippen molar-refractivity contribution < 1.29 is 8.78 Å². The van der Waals surface area contributed by atoms with Crippen LogP contribution in [-0.2, 0) is 0 Å². The Morgan fingerprint density at radius 1 is 1.27 bits per heavy atom. The molecule has 3 heteroatoms. The molecule has 0 saturated carbocycles. The van der Waals surface area contributed by atoms with Gasteiger partial charge in [0.2, 0.25) is 0 Å². The van der Waals surface area contributed by atoms with Gasteiger partial charge in [0.15, 0.2) is 0 Å². The van der Waals surface area contributed by atoms with Gasteiger partial charge in [-0.15, -0.1) is 6.42 Å². The summed E-state index contributed by atoms with van der Waals surface area (Å²) in [5.74, 6) is 1.34. The van der Waals surface area contributed by atoms with Crippen LogP contribution in [0.4, 0.5) is 8.78 Å². The average Bonchev–Trinajstić information content (AvgIpc) is 2.17. The van der Waals surface area contributed by atoms with Gasteiger partial charge in [0.05, 0.1) is 6.04 Å². The standard InChI is InChI=1S/C12H13F2N/c1-4-8(2)15-9(3)12-10(13)6-5-7-11(12)14/h1,5-9,15H,2-3H3. The monoisotopic (exact) mass is 209 g/mol. The lowest BCUT2D eigenvalue weighted by molar-refractivity contribution is 0.476. The molecule has 0 fully saturated rings. The molecule has 2 unspecified atom stereocenters. The van der Waals surface area contributed by atoms with Gasteiger partial charge in [-0.1, -0.05) is 12.0 Å². The van der Waals surface area contributed by atoms with Crippen LogP contribution >= 0.6 is 0 Å². The summed E-state index contributed by atoms with van der Waals surface area (Å²) >= 11 is 0. The van der Waals surface area contributed by atoms with Gasteiger partial charge in [0.25, 0.3) is 0 Å². The van der Waals surface area contributed by atoms with Crippen molar-refractivity contribution in [3.63, 3.8) is 0 Å². The molecule has 1 rings (SSSR count). The lowest BCUT2D eigenvalue weighted by Crippen LogP contribution is -2.28. The van der Waals surface area contributed by atoms with Crippen molar-refractivity contribution in [2.24, 2.45) is 0 Å². The quantitative estimate of drug-likeness (QED) is 0.754. The molecule has 15 heavy (non-hydrogen) atoms. The van der Waals surface area contributed by atoms with E-state index in [1.165, 1.54) is 18.2 Å². The molecule has 0 heterocycles. The average molecular weight is 209 g/mol. The van der Waals surface area contributed by atoms with Crippen molar-refractivity contribution in [2.45, 2.75) is 25.9 Å². The number of hydrogen-bond donors (Lipinski definition) is 1. The van der Waals surface area contributed by atoms with E-state index in [-0.39, 0.29) is 11.6 Å². The highest BCUT2D eigenvalue weighted by molar-refractivity contribution is 5.23. The minimum atomic E-state index is -0.556. The molecule has 1 aromatic carbocycles. The van der Waals surface area contributed by atoms with Crippen molar-refractivity contribution in [1.82, 2.24) is 5.32 Å². The van der Waals surface area contributed by atoms with Crippen LogP contribution in [0.1, 0.15) is 25.5 Å². The molecule has 0 aromatic heterocycles. The van der Waals surface area contributed by atoms with Gasteiger partial charge >= 0.3 is 0 Å². The van der Waals surface area contributed by atoms with E-state index in [1.54, 1.807) is 13.8 Å². The van der Waals surface area contributed by atoms with Crippen molar-refractivity contribution >= 4 is 0 Å². The minimum Gasteiger partial charge on any atom is -0.297 e. The molecule has 0 radical (unpaired) electrons. The molecule has 1 nitrogen and oxygen atoms in total. The molecule has 0 saturated heterocycles. The zero-order valence-corrected chi connectivity index (χ0v) is 8.72. The Morgan fingerprint density at radius 3 is 2.27 bits per heavy atom. The Labute approximate surface area is 88.5 Å². The fourth-order valence-electron chi connectivity index (χ4n) is 1.43. The number of terminal acetylenes is 1. The van der Waals surface area contributed by atoms with Gasteiger partial charge in [-0.2, -0.15) is 0 Å². The van der Waals surface area contributed by atoms with E-state index in [9.17, 15) is 8.78 Å². The third-order valence-corrected chi connectivity index (χ3v) is 2.18. The number of hydrogen-bond acceptors (Lipinski definition) is 1. The Kier molecular flexibility index (Phi) is 3.81. The van der Waals surface area contributed by atoms with Crippen molar-refractivity contribution in [3.05, 3.63) is 35.4 Å². The topological polar surface area (TPSA) is 12.0 Å². The SMILES string of the molecule is C#CC(C)NC(C)c1c(F)cccc1F. The van der Waals surface area contributed by atoms with Crippen LogP contribution in [0.25, 0.3) is 0 Å². The normalized spacial score (nSPS) is 14.3. The van der Waals surface area contributed by atoms with E-state index in [0.29, 0.717) is 0 Å². The maximum Gasteiger partial charge on any atom is 0.130 e. The van der Waals surface area contributed by atoms with E-state index in [1.807, 2.05) is 0 Å². The molecule has 0 bridgehead atoms. The highest BCUT2D eigenvalue weighted by atomic mass is 19.1. The third kappa shape index (κ3) is 2.77. The maximum atomic E-state index is 13.3. The van der Waals surface area contributed by atoms with Gasteiger partial charge < -0.3 is 0 Å². The molecule has 80 valence electrons. The molecule has 0 aliphatic rings. The van der Waals surface area contributed by atoms with Crippen LogP contribution in [0.3, 0.4) is 0 Å². The second-order valence-electron chi connectivity index (χ2n) is 3.41. The lowest BCUT2D eigenvalue weighted by atomic mass is 10.1. The lowest BCUT2D eigenvalue weighted by Gasteiger charge is -2.17. The van der Waals surface area contributed by atoms with Crippen LogP contribution in [-0.4, -0.2) is 6.04 Å². The minimum absolute atomic E-state index is 0.0274. The zero-order valence-electron chi connectivity index (χ0n) is 8.72. The maximum absolute atomic E-state index is 13.3. The van der Waals surface area contributed by atoms with Crippen molar-refractivity contribution in [2.75, 3.05) is 0 Å². The largest absolute Gasteiger partial charge is 0.297 e. The predicted octanol–water partition coefficient (Wildman–Crippen LogP) is 2.64. The molecule has 0 spiro atoms. The number of benzene rings is 1. The van der Waals surface area contributed by atoms with Gasteiger partial charge in [-0.3, -0.25) is 5.32 Å². The second-order valence-corrected chi connectivity index (χ2v) is 3.41. The Balaban J connectivity index is 2.91. The zero-order chi connectivity index (χ0) is 11.4. The summed E-state index contributed by atoms with van der Waals surface area (Å²) in [6.07, 6.45) is 5.17. The van der Waals surface area contributed by atoms with E-state index >= 15 is 0 Å². The second kappa shape index (κ2) is 4.90. The number of nitrogens with one attached hydrogen (secondary N) is 1. The Hall–Kier alpha value is -1.40. The van der Waals surface area contributed by atoms with Crippen LogP contribution in [0, 0.1) is 24.0 Å². The molecule has 1 N–H and O–H groups in total. The van der Waals surface area contributed by atoms with E-state index in [2.05, 4.69) is 11.2 Å². The van der Waals surface area contributed by atoms with E-state index < -0.39 is 17.7 Å². The summed E-state index contributed by atoms with van der Waals surface area (Å²) in [6, 6.07) is 3.14. The molecular weight excluding hydrogens is 196 g/mol. The van der Waals surface area contributed by atoms with Gasteiger partial charge in [-0.05, 0) is 26.0 Å². The summed E-state index contributed by atoms with van der Waals surface area (Å²) < 4.78 is 26.6. The smallest absolute Gasteiger partial charge is 0.130 e. The van der Waals surface area contributed by atoms with Crippen molar-refractivity contribution in [1.29, 1.82) is 0 Å². The summed E-state index contributed by atoms with van der Waals surface area (Å²) in [4.78, 5) is 0. The summed E-state index contributed by atoms with van der Waals surface area (Å²) in [5.41, 5.74) is 0.0274.